The van der Waals surface area contributed by atoms with Gasteiger partial charge in [-0.1, -0.05) is 6.92 Å². The molecule has 2 N–H and O–H groups in total. The van der Waals surface area contributed by atoms with Crippen molar-refractivity contribution in [2.24, 2.45) is 10.9 Å². The molecule has 136 valence electrons. The summed E-state index contributed by atoms with van der Waals surface area (Å²) in [5.74, 6) is 1.67. The molecule has 2 rings (SSSR count). The molecule has 1 saturated heterocycles. The van der Waals surface area contributed by atoms with Crippen molar-refractivity contribution in [3.05, 3.63) is 21.9 Å². The van der Waals surface area contributed by atoms with Gasteiger partial charge in [0.1, 0.15) is 0 Å². The van der Waals surface area contributed by atoms with Crippen LogP contribution in [0.1, 0.15) is 50.3 Å². The lowest BCUT2D eigenvalue weighted by Gasteiger charge is -2.35. The lowest BCUT2D eigenvalue weighted by atomic mass is 9.97. The molecule has 1 aliphatic heterocycles. The Hall–Kier alpha value is -1.07. The molecule has 0 bridgehead atoms. The number of nitrogens with zero attached hydrogens (tertiary/aromatic N) is 2. The Bertz CT molecular complexity index is 509. The number of hydrogen-bond acceptors (Lipinski definition) is 3. The SMILES string of the molecule is CCNC(=NCc1ccc(CC)s1)NCC1CCCN(C(C)C)C1. The van der Waals surface area contributed by atoms with Crippen molar-refractivity contribution in [1.29, 1.82) is 0 Å². The minimum atomic E-state index is 0.654. The molecular formula is C19H34N4S. The van der Waals surface area contributed by atoms with E-state index in [9.17, 15) is 0 Å². The highest BCUT2D eigenvalue weighted by Crippen LogP contribution is 2.18. The summed E-state index contributed by atoms with van der Waals surface area (Å²) in [6.45, 7) is 14.1. The van der Waals surface area contributed by atoms with E-state index in [1.165, 1.54) is 35.7 Å². The summed E-state index contributed by atoms with van der Waals surface area (Å²) in [4.78, 5) is 10.1. The maximum Gasteiger partial charge on any atom is 0.191 e. The predicted octanol–water partition coefficient (Wildman–Crippen LogP) is 3.49. The second-order valence-corrected chi connectivity index (χ2v) is 8.15. The average molecular weight is 351 g/mol. The number of hydrogen-bond donors (Lipinski definition) is 2. The Morgan fingerprint density at radius 2 is 2.08 bits per heavy atom. The van der Waals surface area contributed by atoms with Crippen LogP contribution in [0.4, 0.5) is 0 Å². The molecule has 0 spiro atoms. The molecule has 0 aliphatic carbocycles. The fraction of sp³-hybridized carbons (Fsp3) is 0.737. The van der Waals surface area contributed by atoms with E-state index in [4.69, 9.17) is 4.99 Å². The Balaban J connectivity index is 1.84. The van der Waals surface area contributed by atoms with E-state index in [0.29, 0.717) is 6.04 Å². The van der Waals surface area contributed by atoms with E-state index in [1.807, 2.05) is 11.3 Å². The molecule has 0 saturated carbocycles. The minimum absolute atomic E-state index is 0.654. The zero-order chi connectivity index (χ0) is 17.4. The van der Waals surface area contributed by atoms with Crippen molar-refractivity contribution >= 4 is 17.3 Å². The minimum Gasteiger partial charge on any atom is -0.357 e. The predicted molar refractivity (Wildman–Crippen MR) is 106 cm³/mol. The molecule has 1 aromatic heterocycles. The Labute approximate surface area is 151 Å². The van der Waals surface area contributed by atoms with Crippen LogP contribution in [0.15, 0.2) is 17.1 Å². The van der Waals surface area contributed by atoms with Crippen LogP contribution in [0.3, 0.4) is 0 Å². The summed E-state index contributed by atoms with van der Waals surface area (Å²) < 4.78 is 0. The van der Waals surface area contributed by atoms with Crippen molar-refractivity contribution in [2.45, 2.75) is 59.5 Å². The fourth-order valence-corrected chi connectivity index (χ4v) is 4.05. The zero-order valence-corrected chi connectivity index (χ0v) is 16.6. The number of thiophene rings is 1. The lowest BCUT2D eigenvalue weighted by Crippen LogP contribution is -2.46. The van der Waals surface area contributed by atoms with Crippen LogP contribution in [0.25, 0.3) is 0 Å². The second-order valence-electron chi connectivity index (χ2n) is 6.89. The molecule has 1 atom stereocenters. The van der Waals surface area contributed by atoms with E-state index in [-0.39, 0.29) is 0 Å². The molecule has 5 heteroatoms. The van der Waals surface area contributed by atoms with E-state index in [2.05, 4.69) is 55.4 Å². The highest BCUT2D eigenvalue weighted by molar-refractivity contribution is 7.11. The Kier molecular flexibility index (Phi) is 8.06. The number of likely N-dealkylation sites (tertiary alicyclic amines) is 1. The molecule has 1 unspecified atom stereocenters. The summed E-state index contributed by atoms with van der Waals surface area (Å²) in [6, 6.07) is 5.08. The number of aliphatic imine (C=N–C) groups is 1. The van der Waals surface area contributed by atoms with Crippen LogP contribution in [-0.2, 0) is 13.0 Å². The van der Waals surface area contributed by atoms with Gasteiger partial charge in [-0.2, -0.15) is 0 Å². The molecule has 1 aromatic rings. The van der Waals surface area contributed by atoms with Crippen LogP contribution in [0, 0.1) is 5.92 Å². The van der Waals surface area contributed by atoms with Crippen molar-refractivity contribution in [2.75, 3.05) is 26.2 Å². The summed E-state index contributed by atoms with van der Waals surface area (Å²) in [5.41, 5.74) is 0. The number of aryl methyl sites for hydroxylation is 1. The quantitative estimate of drug-likeness (QED) is 0.584. The normalized spacial score (nSPS) is 19.7. The van der Waals surface area contributed by atoms with Gasteiger partial charge < -0.3 is 15.5 Å². The van der Waals surface area contributed by atoms with Crippen molar-refractivity contribution in [3.8, 4) is 0 Å². The van der Waals surface area contributed by atoms with Gasteiger partial charge in [0.25, 0.3) is 0 Å². The number of guanidine groups is 1. The van der Waals surface area contributed by atoms with Gasteiger partial charge in [-0.3, -0.25) is 0 Å². The Morgan fingerprint density at radius 1 is 1.29 bits per heavy atom. The molecule has 2 heterocycles. The molecular weight excluding hydrogens is 316 g/mol. The van der Waals surface area contributed by atoms with Gasteiger partial charge in [-0.25, -0.2) is 4.99 Å². The van der Waals surface area contributed by atoms with E-state index in [0.717, 1.165) is 37.9 Å². The first-order chi connectivity index (χ1) is 11.6. The molecule has 0 radical (unpaired) electrons. The molecule has 24 heavy (non-hydrogen) atoms. The first-order valence-corrected chi connectivity index (χ1v) is 10.3. The van der Waals surface area contributed by atoms with E-state index >= 15 is 0 Å². The standard InChI is InChI=1S/C19H34N4S/c1-5-17-9-10-18(24-17)13-22-19(20-6-2)21-12-16-8-7-11-23(14-16)15(3)4/h9-10,15-16H,5-8,11-14H2,1-4H3,(H2,20,21,22). The van der Waals surface area contributed by atoms with Gasteiger partial charge in [0.05, 0.1) is 6.54 Å². The number of rotatable bonds is 7. The third-order valence-corrected chi connectivity index (χ3v) is 5.86. The van der Waals surface area contributed by atoms with E-state index < -0.39 is 0 Å². The average Bonchev–Trinajstić information content (AvgIpc) is 3.05. The second kappa shape index (κ2) is 10.0. The molecule has 1 aliphatic rings. The van der Waals surface area contributed by atoms with E-state index in [1.54, 1.807) is 0 Å². The van der Waals surface area contributed by atoms with Crippen LogP contribution in [0.2, 0.25) is 0 Å². The maximum atomic E-state index is 4.76. The smallest absolute Gasteiger partial charge is 0.191 e. The number of nitrogens with one attached hydrogen (secondary N) is 2. The Morgan fingerprint density at radius 3 is 2.75 bits per heavy atom. The third kappa shape index (κ3) is 6.10. The highest BCUT2D eigenvalue weighted by Gasteiger charge is 2.21. The van der Waals surface area contributed by atoms with Crippen LogP contribution < -0.4 is 10.6 Å². The molecule has 0 aromatic carbocycles. The summed E-state index contributed by atoms with van der Waals surface area (Å²) in [6.07, 6.45) is 3.74. The lowest BCUT2D eigenvalue weighted by molar-refractivity contribution is 0.141. The summed E-state index contributed by atoms with van der Waals surface area (Å²) in [7, 11) is 0. The molecule has 4 nitrogen and oxygen atoms in total. The van der Waals surface area contributed by atoms with Crippen molar-refractivity contribution in [1.82, 2.24) is 15.5 Å². The summed E-state index contributed by atoms with van der Waals surface area (Å²) >= 11 is 1.87. The van der Waals surface area contributed by atoms with Crippen LogP contribution in [0.5, 0.6) is 0 Å². The fourth-order valence-electron chi connectivity index (χ4n) is 3.17. The maximum absolute atomic E-state index is 4.76. The largest absolute Gasteiger partial charge is 0.357 e. The van der Waals surface area contributed by atoms with Gasteiger partial charge in [0, 0.05) is 35.4 Å². The third-order valence-electron chi connectivity index (χ3n) is 4.64. The number of piperidine rings is 1. The van der Waals surface area contributed by atoms with Gasteiger partial charge in [0.15, 0.2) is 5.96 Å². The monoisotopic (exact) mass is 350 g/mol. The van der Waals surface area contributed by atoms with Gasteiger partial charge in [-0.15, -0.1) is 11.3 Å². The highest BCUT2D eigenvalue weighted by atomic mass is 32.1. The first kappa shape index (κ1) is 19.3. The van der Waals surface area contributed by atoms with Crippen molar-refractivity contribution in [3.63, 3.8) is 0 Å². The first-order valence-electron chi connectivity index (χ1n) is 9.46. The molecule has 0 amide bonds. The van der Waals surface area contributed by atoms with Crippen LogP contribution in [-0.4, -0.2) is 43.1 Å². The molecule has 1 fully saturated rings. The van der Waals surface area contributed by atoms with Gasteiger partial charge in [-0.05, 0) is 64.6 Å². The van der Waals surface area contributed by atoms with Gasteiger partial charge in [0.2, 0.25) is 0 Å². The van der Waals surface area contributed by atoms with Crippen molar-refractivity contribution < 1.29 is 0 Å². The zero-order valence-electron chi connectivity index (χ0n) is 15.8. The van der Waals surface area contributed by atoms with Crippen LogP contribution >= 0.6 is 11.3 Å². The van der Waals surface area contributed by atoms with Gasteiger partial charge >= 0.3 is 0 Å². The summed E-state index contributed by atoms with van der Waals surface area (Å²) in [5, 5.41) is 6.93. The topological polar surface area (TPSA) is 39.7 Å².